The predicted molar refractivity (Wildman–Crippen MR) is 120 cm³/mol. The number of aromatic nitrogens is 1. The Labute approximate surface area is 181 Å². The largest absolute Gasteiger partial charge is 0.352 e. The average Bonchev–Trinajstić information content (AvgIpc) is 3.46. The van der Waals surface area contributed by atoms with E-state index in [2.05, 4.69) is 10.3 Å². The highest BCUT2D eigenvalue weighted by Crippen LogP contribution is 2.21. The first-order valence-corrected chi connectivity index (χ1v) is 11.4. The van der Waals surface area contributed by atoms with Crippen molar-refractivity contribution in [2.75, 3.05) is 6.54 Å². The maximum atomic E-state index is 13.3. The van der Waals surface area contributed by atoms with Crippen molar-refractivity contribution in [1.82, 2.24) is 15.2 Å². The Balaban J connectivity index is 1.48. The van der Waals surface area contributed by atoms with Crippen LogP contribution >= 0.6 is 11.3 Å². The molecule has 1 fully saturated rings. The van der Waals surface area contributed by atoms with Crippen LogP contribution in [0, 0.1) is 0 Å². The Morgan fingerprint density at radius 2 is 1.80 bits per heavy atom. The highest BCUT2D eigenvalue weighted by molar-refractivity contribution is 7.09. The Bertz CT molecular complexity index is 960. The van der Waals surface area contributed by atoms with Crippen LogP contribution in [0.15, 0.2) is 60.0 Å². The molecule has 2 amide bonds. The second kappa shape index (κ2) is 9.76. The van der Waals surface area contributed by atoms with Gasteiger partial charge in [-0.15, -0.1) is 11.3 Å². The molecule has 4 rings (SSSR count). The summed E-state index contributed by atoms with van der Waals surface area (Å²) < 4.78 is 0. The van der Waals surface area contributed by atoms with E-state index >= 15 is 0 Å². The summed E-state index contributed by atoms with van der Waals surface area (Å²) in [5.74, 6) is -0.244. The first-order chi connectivity index (χ1) is 14.7. The summed E-state index contributed by atoms with van der Waals surface area (Å²) in [7, 11) is 0. The molecule has 0 unspecified atom stereocenters. The summed E-state index contributed by atoms with van der Waals surface area (Å²) >= 11 is 1.59. The average molecular weight is 422 g/mol. The van der Waals surface area contributed by atoms with Gasteiger partial charge in [0.25, 0.3) is 5.91 Å². The third-order valence-electron chi connectivity index (χ3n) is 5.52. The van der Waals surface area contributed by atoms with Crippen molar-refractivity contribution in [2.45, 2.75) is 44.7 Å². The number of aromatic amines is 1. The molecule has 0 bridgehead atoms. The number of carbonyl (C=O) groups excluding carboxylic acids is 2. The summed E-state index contributed by atoms with van der Waals surface area (Å²) in [5, 5.41) is 5.12. The minimum atomic E-state index is -0.163. The van der Waals surface area contributed by atoms with Crippen LogP contribution in [0.2, 0.25) is 0 Å². The number of thiophene rings is 1. The fraction of sp³-hybridized carbons (Fsp3) is 0.333. The van der Waals surface area contributed by atoms with Crippen LogP contribution in [-0.2, 0) is 11.3 Å². The smallest absolute Gasteiger partial charge is 0.271 e. The lowest BCUT2D eigenvalue weighted by molar-refractivity contribution is -0.122. The van der Waals surface area contributed by atoms with E-state index in [-0.39, 0.29) is 24.4 Å². The molecule has 1 saturated carbocycles. The van der Waals surface area contributed by atoms with Crippen LogP contribution in [0.3, 0.4) is 0 Å². The molecule has 30 heavy (non-hydrogen) atoms. The summed E-state index contributed by atoms with van der Waals surface area (Å²) in [4.78, 5) is 31.9. The van der Waals surface area contributed by atoms with Crippen LogP contribution in [-0.4, -0.2) is 34.3 Å². The van der Waals surface area contributed by atoms with Crippen molar-refractivity contribution in [3.63, 3.8) is 0 Å². The molecule has 2 aromatic heterocycles. The molecular formula is C24H27N3O2S. The number of H-pyrrole nitrogens is 1. The predicted octanol–water partition coefficient (Wildman–Crippen LogP) is 4.83. The van der Waals surface area contributed by atoms with Gasteiger partial charge in [-0.05, 0) is 42.0 Å². The topological polar surface area (TPSA) is 65.2 Å². The van der Waals surface area contributed by atoms with Gasteiger partial charge in [-0.2, -0.15) is 0 Å². The van der Waals surface area contributed by atoms with Crippen molar-refractivity contribution < 1.29 is 9.59 Å². The van der Waals surface area contributed by atoms with Gasteiger partial charge in [0.1, 0.15) is 12.2 Å². The van der Waals surface area contributed by atoms with E-state index in [4.69, 9.17) is 0 Å². The lowest BCUT2D eigenvalue weighted by atomic mass is 9.95. The Hall–Kier alpha value is -2.86. The van der Waals surface area contributed by atoms with Gasteiger partial charge in [0.2, 0.25) is 5.91 Å². The molecule has 6 heteroatoms. The molecule has 0 spiro atoms. The quantitative estimate of drug-likeness (QED) is 0.574. The number of nitrogens with one attached hydrogen (secondary N) is 2. The molecule has 1 aliphatic rings. The lowest BCUT2D eigenvalue weighted by Gasteiger charge is -2.26. The van der Waals surface area contributed by atoms with Crippen LogP contribution < -0.4 is 5.32 Å². The molecular weight excluding hydrogens is 394 g/mol. The van der Waals surface area contributed by atoms with Gasteiger partial charge in [-0.1, -0.05) is 55.7 Å². The minimum Gasteiger partial charge on any atom is -0.352 e. The highest BCUT2D eigenvalue weighted by atomic mass is 32.1. The van der Waals surface area contributed by atoms with Gasteiger partial charge in [-0.3, -0.25) is 9.59 Å². The number of amides is 2. The van der Waals surface area contributed by atoms with Gasteiger partial charge in [0.15, 0.2) is 0 Å². The molecule has 3 aromatic rings. The summed E-state index contributed by atoms with van der Waals surface area (Å²) in [6, 6.07) is 17.8. The maximum Gasteiger partial charge on any atom is 0.271 e. The van der Waals surface area contributed by atoms with E-state index in [1.807, 2.05) is 53.9 Å². The van der Waals surface area contributed by atoms with Gasteiger partial charge >= 0.3 is 0 Å². The summed E-state index contributed by atoms with van der Waals surface area (Å²) in [6.07, 6.45) is 5.62. The number of carbonyl (C=O) groups is 2. The Kier molecular flexibility index (Phi) is 6.64. The Morgan fingerprint density at radius 1 is 1.00 bits per heavy atom. The van der Waals surface area contributed by atoms with E-state index in [0.29, 0.717) is 12.2 Å². The molecule has 2 heterocycles. The molecule has 5 nitrogen and oxygen atoms in total. The second-order valence-corrected chi connectivity index (χ2v) is 8.83. The SMILES string of the molecule is O=C(CN(Cc1cccs1)C(=O)c1ccc(-c2ccccc2)[nH]1)NC1CCCCC1. The molecule has 0 saturated heterocycles. The normalized spacial score (nSPS) is 14.4. The van der Waals surface area contributed by atoms with Crippen molar-refractivity contribution in [2.24, 2.45) is 0 Å². The fourth-order valence-electron chi connectivity index (χ4n) is 3.96. The maximum absolute atomic E-state index is 13.3. The second-order valence-electron chi connectivity index (χ2n) is 7.79. The Morgan fingerprint density at radius 3 is 2.53 bits per heavy atom. The van der Waals surface area contributed by atoms with Crippen LogP contribution in [0.25, 0.3) is 11.3 Å². The molecule has 0 radical (unpaired) electrons. The van der Waals surface area contributed by atoms with Crippen LogP contribution in [0.5, 0.6) is 0 Å². The van der Waals surface area contributed by atoms with E-state index < -0.39 is 0 Å². The number of benzene rings is 1. The highest BCUT2D eigenvalue weighted by Gasteiger charge is 2.23. The zero-order valence-electron chi connectivity index (χ0n) is 17.0. The zero-order chi connectivity index (χ0) is 20.8. The number of hydrogen-bond acceptors (Lipinski definition) is 3. The third kappa shape index (κ3) is 5.19. The number of nitrogens with zero attached hydrogens (tertiary/aromatic N) is 1. The number of hydrogen-bond donors (Lipinski definition) is 2. The lowest BCUT2D eigenvalue weighted by Crippen LogP contribution is -2.44. The van der Waals surface area contributed by atoms with Gasteiger partial charge < -0.3 is 15.2 Å². The van der Waals surface area contributed by atoms with Crippen molar-refractivity contribution in [3.05, 3.63) is 70.5 Å². The molecule has 156 valence electrons. The van der Waals surface area contributed by atoms with E-state index in [1.54, 1.807) is 22.3 Å². The van der Waals surface area contributed by atoms with E-state index in [0.717, 1.165) is 41.8 Å². The van der Waals surface area contributed by atoms with Gasteiger partial charge in [0.05, 0.1) is 6.54 Å². The molecule has 0 aliphatic heterocycles. The van der Waals surface area contributed by atoms with Crippen molar-refractivity contribution in [3.8, 4) is 11.3 Å². The molecule has 1 aliphatic carbocycles. The summed E-state index contributed by atoms with van der Waals surface area (Å²) in [6.45, 7) is 0.487. The monoisotopic (exact) mass is 421 g/mol. The molecule has 0 atom stereocenters. The fourth-order valence-corrected chi connectivity index (χ4v) is 4.68. The van der Waals surface area contributed by atoms with E-state index in [1.165, 1.54) is 6.42 Å². The first kappa shape index (κ1) is 20.4. The molecule has 2 N–H and O–H groups in total. The zero-order valence-corrected chi connectivity index (χ0v) is 17.8. The van der Waals surface area contributed by atoms with E-state index in [9.17, 15) is 9.59 Å². The molecule has 1 aromatic carbocycles. The van der Waals surface area contributed by atoms with Gasteiger partial charge in [0, 0.05) is 16.6 Å². The standard InChI is InChI=1S/C24H27N3O2S/c28-23(25-19-10-5-2-6-11-19)17-27(16-20-12-7-15-30-20)24(29)22-14-13-21(26-22)18-8-3-1-4-9-18/h1,3-4,7-9,12-15,19,26H,2,5-6,10-11,16-17H2,(H,25,28). The minimum absolute atomic E-state index is 0.0624. The number of rotatable bonds is 7. The first-order valence-electron chi connectivity index (χ1n) is 10.5. The van der Waals surface area contributed by atoms with Crippen LogP contribution in [0.1, 0.15) is 47.5 Å². The summed E-state index contributed by atoms with van der Waals surface area (Å²) in [5.41, 5.74) is 2.41. The van der Waals surface area contributed by atoms with Crippen LogP contribution in [0.4, 0.5) is 0 Å². The van der Waals surface area contributed by atoms with Crippen molar-refractivity contribution >= 4 is 23.2 Å². The van der Waals surface area contributed by atoms with Gasteiger partial charge in [-0.25, -0.2) is 0 Å². The third-order valence-corrected chi connectivity index (χ3v) is 6.38. The van der Waals surface area contributed by atoms with Crippen molar-refractivity contribution in [1.29, 1.82) is 0 Å².